The number of unbranched alkanes of at least 4 members (excludes halogenated alkanes) is 1. The molecule has 0 bridgehead atoms. The van der Waals surface area contributed by atoms with Gasteiger partial charge >= 0.3 is 0 Å². The van der Waals surface area contributed by atoms with Gasteiger partial charge in [-0.2, -0.15) is 0 Å². The van der Waals surface area contributed by atoms with E-state index in [0.717, 1.165) is 39.0 Å². The Morgan fingerprint density at radius 2 is 2.08 bits per heavy atom. The first kappa shape index (κ1) is 12.2. The summed E-state index contributed by atoms with van der Waals surface area (Å²) in [5.41, 5.74) is 0. The lowest BCUT2D eigenvalue weighted by atomic mass is 10.3. The highest BCUT2D eigenvalue weighted by Crippen LogP contribution is 1.90. The quantitative estimate of drug-likeness (QED) is 0.349. The van der Waals surface area contributed by atoms with Crippen LogP contribution in [0, 0.1) is 12.3 Å². The van der Waals surface area contributed by atoms with Crippen LogP contribution in [0.2, 0.25) is 0 Å². The fourth-order valence-corrected chi connectivity index (χ4v) is 0.887. The number of rotatable bonds is 8. The van der Waals surface area contributed by atoms with Gasteiger partial charge in [0.25, 0.3) is 0 Å². The van der Waals surface area contributed by atoms with Crippen LogP contribution in [0.4, 0.5) is 0 Å². The Hall–Kier alpha value is -0.780. The summed E-state index contributed by atoms with van der Waals surface area (Å²) in [6.45, 7) is 2.71. The zero-order valence-corrected chi connectivity index (χ0v) is 8.38. The van der Waals surface area contributed by atoms with E-state index < -0.39 is 0 Å². The molecule has 1 N–H and O–H groups in total. The van der Waals surface area contributed by atoms with Crippen molar-refractivity contribution in [3.05, 3.63) is 12.2 Å². The monoisotopic (exact) mass is 181 g/mol. The molecule has 0 aromatic rings. The van der Waals surface area contributed by atoms with E-state index in [-0.39, 0.29) is 0 Å². The highest BCUT2D eigenvalue weighted by molar-refractivity contribution is 4.90. The molecule has 0 atom stereocenters. The number of methoxy groups -OCH3 is 1. The summed E-state index contributed by atoms with van der Waals surface area (Å²) in [7, 11) is 1.71. The normalized spacial score (nSPS) is 10.5. The van der Waals surface area contributed by atoms with Crippen LogP contribution in [-0.4, -0.2) is 26.8 Å². The van der Waals surface area contributed by atoms with Gasteiger partial charge in [-0.1, -0.05) is 12.2 Å². The van der Waals surface area contributed by atoms with Crippen LogP contribution in [0.25, 0.3) is 0 Å². The summed E-state index contributed by atoms with van der Waals surface area (Å²) in [6, 6.07) is 0. The molecule has 2 heteroatoms. The summed E-state index contributed by atoms with van der Waals surface area (Å²) in [5, 5.41) is 3.26. The van der Waals surface area contributed by atoms with Crippen molar-refractivity contribution in [3.63, 3.8) is 0 Å². The van der Waals surface area contributed by atoms with Crippen molar-refractivity contribution in [1.82, 2.24) is 5.32 Å². The Morgan fingerprint density at radius 3 is 2.77 bits per heavy atom. The van der Waals surface area contributed by atoms with E-state index >= 15 is 0 Å². The molecule has 0 fully saturated rings. The first-order valence-corrected chi connectivity index (χ1v) is 4.70. The smallest absolute Gasteiger partial charge is 0.0587 e. The molecule has 0 saturated carbocycles. The lowest BCUT2D eigenvalue weighted by molar-refractivity contribution is 0.199. The SMILES string of the molecule is C#CCCC=CCCNCCOC. The summed E-state index contributed by atoms with van der Waals surface area (Å²) in [5.74, 6) is 2.60. The summed E-state index contributed by atoms with van der Waals surface area (Å²) in [4.78, 5) is 0. The van der Waals surface area contributed by atoms with Crippen molar-refractivity contribution in [2.24, 2.45) is 0 Å². The molecule has 2 nitrogen and oxygen atoms in total. The van der Waals surface area contributed by atoms with E-state index in [2.05, 4.69) is 23.4 Å². The number of hydrogen-bond acceptors (Lipinski definition) is 2. The molecule has 0 unspecified atom stereocenters. The first-order valence-electron chi connectivity index (χ1n) is 4.70. The second kappa shape index (κ2) is 11.2. The van der Waals surface area contributed by atoms with Gasteiger partial charge < -0.3 is 10.1 Å². The zero-order chi connectivity index (χ0) is 9.78. The third kappa shape index (κ3) is 11.2. The topological polar surface area (TPSA) is 21.3 Å². The van der Waals surface area contributed by atoms with Gasteiger partial charge in [0.2, 0.25) is 0 Å². The Labute approximate surface area is 81.4 Å². The Kier molecular flexibility index (Phi) is 10.5. The molecule has 74 valence electrons. The molecule has 0 aliphatic rings. The standard InChI is InChI=1S/C11H19NO/c1-3-4-5-6-7-8-9-12-10-11-13-2/h1,6-7,12H,4-5,8-11H2,2H3. The van der Waals surface area contributed by atoms with Crippen molar-refractivity contribution in [2.75, 3.05) is 26.8 Å². The number of hydrogen-bond donors (Lipinski definition) is 1. The molecule has 0 aromatic carbocycles. The van der Waals surface area contributed by atoms with E-state index in [9.17, 15) is 0 Å². The van der Waals surface area contributed by atoms with Crippen molar-refractivity contribution in [2.45, 2.75) is 19.3 Å². The molecule has 0 radical (unpaired) electrons. The van der Waals surface area contributed by atoms with E-state index in [1.807, 2.05) is 0 Å². The van der Waals surface area contributed by atoms with Crippen LogP contribution in [0.15, 0.2) is 12.2 Å². The maximum absolute atomic E-state index is 5.11. The van der Waals surface area contributed by atoms with Crippen molar-refractivity contribution in [3.8, 4) is 12.3 Å². The number of terminal acetylenes is 1. The summed E-state index contributed by atoms with van der Waals surface area (Å²) >= 11 is 0. The largest absolute Gasteiger partial charge is 0.383 e. The van der Waals surface area contributed by atoms with Crippen LogP contribution in [0.1, 0.15) is 19.3 Å². The average Bonchev–Trinajstić information content (AvgIpc) is 2.16. The van der Waals surface area contributed by atoms with Gasteiger partial charge in [-0.3, -0.25) is 0 Å². The molecule has 0 amide bonds. The summed E-state index contributed by atoms with van der Waals surface area (Å²) in [6.07, 6.45) is 12.3. The van der Waals surface area contributed by atoms with Crippen molar-refractivity contribution >= 4 is 0 Å². The lowest BCUT2D eigenvalue weighted by Gasteiger charge is -2.00. The predicted molar refractivity (Wildman–Crippen MR) is 56.6 cm³/mol. The predicted octanol–water partition coefficient (Wildman–Crippen LogP) is 1.58. The molecule has 13 heavy (non-hydrogen) atoms. The molecule has 0 aliphatic heterocycles. The Bertz CT molecular complexity index is 158. The van der Waals surface area contributed by atoms with Crippen LogP contribution < -0.4 is 5.32 Å². The minimum absolute atomic E-state index is 0.779. The van der Waals surface area contributed by atoms with Gasteiger partial charge in [-0.05, 0) is 19.4 Å². The maximum atomic E-state index is 5.11. The second-order valence-corrected chi connectivity index (χ2v) is 2.75. The first-order chi connectivity index (χ1) is 6.41. The van der Waals surface area contributed by atoms with E-state index in [1.165, 1.54) is 0 Å². The lowest BCUT2D eigenvalue weighted by Crippen LogP contribution is -2.19. The number of ether oxygens (including phenoxy) is 1. The van der Waals surface area contributed by atoms with Gasteiger partial charge in [0, 0.05) is 20.1 Å². The molecule has 0 saturated heterocycles. The van der Waals surface area contributed by atoms with Gasteiger partial charge in [-0.25, -0.2) is 0 Å². The van der Waals surface area contributed by atoms with Crippen LogP contribution in [0.3, 0.4) is 0 Å². The van der Waals surface area contributed by atoms with Crippen molar-refractivity contribution < 1.29 is 4.74 Å². The van der Waals surface area contributed by atoms with Crippen LogP contribution in [0.5, 0.6) is 0 Å². The van der Waals surface area contributed by atoms with Crippen LogP contribution in [-0.2, 0) is 4.74 Å². The minimum Gasteiger partial charge on any atom is -0.383 e. The van der Waals surface area contributed by atoms with E-state index in [0.29, 0.717) is 0 Å². The second-order valence-electron chi connectivity index (χ2n) is 2.75. The molecule has 0 heterocycles. The molecular formula is C11H19NO. The van der Waals surface area contributed by atoms with Crippen LogP contribution >= 0.6 is 0 Å². The molecule has 0 rings (SSSR count). The van der Waals surface area contributed by atoms with E-state index in [4.69, 9.17) is 11.2 Å². The molecular weight excluding hydrogens is 162 g/mol. The minimum atomic E-state index is 0.779. The van der Waals surface area contributed by atoms with Crippen molar-refractivity contribution in [1.29, 1.82) is 0 Å². The molecule has 0 aromatic heterocycles. The highest BCUT2D eigenvalue weighted by atomic mass is 16.5. The highest BCUT2D eigenvalue weighted by Gasteiger charge is 1.83. The maximum Gasteiger partial charge on any atom is 0.0587 e. The zero-order valence-electron chi connectivity index (χ0n) is 8.38. The third-order valence-electron chi connectivity index (χ3n) is 1.59. The Morgan fingerprint density at radius 1 is 1.31 bits per heavy atom. The number of nitrogens with one attached hydrogen (secondary N) is 1. The van der Waals surface area contributed by atoms with Gasteiger partial charge in [0.05, 0.1) is 6.61 Å². The fourth-order valence-electron chi connectivity index (χ4n) is 0.887. The summed E-state index contributed by atoms with van der Waals surface area (Å²) < 4.78 is 4.90. The fraction of sp³-hybridized carbons (Fsp3) is 0.636. The average molecular weight is 181 g/mol. The van der Waals surface area contributed by atoms with Gasteiger partial charge in [-0.15, -0.1) is 12.3 Å². The van der Waals surface area contributed by atoms with Gasteiger partial charge in [0.15, 0.2) is 0 Å². The third-order valence-corrected chi connectivity index (χ3v) is 1.59. The molecule has 0 spiro atoms. The molecule has 0 aliphatic carbocycles. The van der Waals surface area contributed by atoms with E-state index in [1.54, 1.807) is 7.11 Å². The van der Waals surface area contributed by atoms with Gasteiger partial charge in [0.1, 0.15) is 0 Å². The number of allylic oxidation sites excluding steroid dienone is 1. The Balaban J connectivity index is 2.98.